The van der Waals surface area contributed by atoms with Gasteiger partial charge in [-0.1, -0.05) is 6.07 Å². The van der Waals surface area contributed by atoms with Gasteiger partial charge in [0, 0.05) is 13.0 Å². The van der Waals surface area contributed by atoms with Crippen molar-refractivity contribution >= 4 is 21.8 Å². The highest BCUT2D eigenvalue weighted by atomic mass is 79.9. The average molecular weight is 329 g/mol. The molecule has 0 saturated carbocycles. The van der Waals surface area contributed by atoms with Crippen LogP contribution in [0.5, 0.6) is 0 Å². The van der Waals surface area contributed by atoms with Crippen LogP contribution in [0.2, 0.25) is 0 Å². The fraction of sp³-hybridized carbons (Fsp3) is 0.500. The molecule has 0 unspecified atom stereocenters. The molecule has 1 fully saturated rings. The van der Waals surface area contributed by atoms with E-state index in [2.05, 4.69) is 20.8 Å². The summed E-state index contributed by atoms with van der Waals surface area (Å²) in [6, 6.07) is 5.12. The molecule has 1 heterocycles. The van der Waals surface area contributed by atoms with E-state index in [1.54, 1.807) is 0 Å². The highest BCUT2D eigenvalue weighted by Gasteiger charge is 2.20. The molecule has 1 aliphatic heterocycles. The second-order valence-electron chi connectivity index (χ2n) is 5.14. The molecular formula is C14H18BrFN2O. The summed E-state index contributed by atoms with van der Waals surface area (Å²) in [4.78, 5) is 13.2. The number of piperidine rings is 1. The van der Waals surface area contributed by atoms with Gasteiger partial charge >= 0.3 is 0 Å². The molecule has 104 valence electrons. The molecule has 2 N–H and O–H groups in total. The number of primary amides is 1. The molecule has 1 aromatic rings. The van der Waals surface area contributed by atoms with Crippen molar-refractivity contribution in [2.24, 2.45) is 11.7 Å². The van der Waals surface area contributed by atoms with E-state index in [1.165, 1.54) is 6.07 Å². The Bertz CT molecular complexity index is 459. The summed E-state index contributed by atoms with van der Waals surface area (Å²) in [5, 5.41) is 0. The molecule has 1 aliphatic rings. The summed E-state index contributed by atoms with van der Waals surface area (Å²) >= 11 is 3.20. The third-order valence-corrected chi connectivity index (χ3v) is 4.19. The molecule has 0 aromatic heterocycles. The lowest BCUT2D eigenvalue weighted by molar-refractivity contribution is -0.119. The predicted octanol–water partition coefficient (Wildman–Crippen LogP) is 2.68. The van der Waals surface area contributed by atoms with Crippen LogP contribution in [0.1, 0.15) is 24.8 Å². The van der Waals surface area contributed by atoms with Gasteiger partial charge in [-0.05, 0) is 65.5 Å². The van der Waals surface area contributed by atoms with E-state index in [0.29, 0.717) is 16.8 Å². The highest BCUT2D eigenvalue weighted by molar-refractivity contribution is 9.10. The topological polar surface area (TPSA) is 46.3 Å². The number of carbonyl (C=O) groups excluding carboxylic acids is 1. The fourth-order valence-electron chi connectivity index (χ4n) is 2.53. The summed E-state index contributed by atoms with van der Waals surface area (Å²) in [7, 11) is 0. The smallest absolute Gasteiger partial charge is 0.217 e. The first-order valence-electron chi connectivity index (χ1n) is 6.49. The van der Waals surface area contributed by atoms with Crippen LogP contribution < -0.4 is 5.73 Å². The number of carbonyl (C=O) groups is 1. The van der Waals surface area contributed by atoms with Crippen molar-refractivity contribution in [1.82, 2.24) is 4.90 Å². The molecule has 19 heavy (non-hydrogen) atoms. The molecule has 0 radical (unpaired) electrons. The molecule has 0 spiro atoms. The van der Waals surface area contributed by atoms with Crippen LogP contribution in [-0.4, -0.2) is 23.9 Å². The quantitative estimate of drug-likeness (QED) is 0.923. The van der Waals surface area contributed by atoms with E-state index < -0.39 is 0 Å². The maximum Gasteiger partial charge on any atom is 0.217 e. The van der Waals surface area contributed by atoms with Crippen LogP contribution in [0.4, 0.5) is 4.39 Å². The Labute approximate surface area is 121 Å². The Balaban J connectivity index is 1.85. The van der Waals surface area contributed by atoms with Crippen LogP contribution in [0.25, 0.3) is 0 Å². The van der Waals surface area contributed by atoms with Crippen molar-refractivity contribution in [2.45, 2.75) is 25.8 Å². The van der Waals surface area contributed by atoms with Gasteiger partial charge in [-0.15, -0.1) is 0 Å². The number of benzene rings is 1. The van der Waals surface area contributed by atoms with Gasteiger partial charge in [-0.3, -0.25) is 9.69 Å². The third kappa shape index (κ3) is 4.28. The van der Waals surface area contributed by atoms with Gasteiger partial charge in [0.25, 0.3) is 0 Å². The molecule has 0 bridgehead atoms. The van der Waals surface area contributed by atoms with Crippen molar-refractivity contribution in [1.29, 1.82) is 0 Å². The van der Waals surface area contributed by atoms with Crippen molar-refractivity contribution in [2.75, 3.05) is 13.1 Å². The fourth-order valence-corrected chi connectivity index (χ4v) is 2.96. The van der Waals surface area contributed by atoms with Gasteiger partial charge in [0.1, 0.15) is 5.82 Å². The first-order chi connectivity index (χ1) is 9.04. The molecular weight excluding hydrogens is 311 g/mol. The largest absolute Gasteiger partial charge is 0.370 e. The molecule has 3 nitrogen and oxygen atoms in total. The number of nitrogens with two attached hydrogens (primary N) is 1. The first kappa shape index (κ1) is 14.5. The minimum Gasteiger partial charge on any atom is -0.370 e. The Hall–Kier alpha value is -0.940. The third-order valence-electron chi connectivity index (χ3n) is 3.59. The Morgan fingerprint density at radius 1 is 1.42 bits per heavy atom. The molecule has 1 amide bonds. The van der Waals surface area contributed by atoms with Crippen molar-refractivity contribution in [3.05, 3.63) is 34.1 Å². The number of rotatable bonds is 4. The van der Waals surface area contributed by atoms with Gasteiger partial charge in [0.05, 0.1) is 4.47 Å². The van der Waals surface area contributed by atoms with Crippen LogP contribution in [0, 0.1) is 11.7 Å². The summed E-state index contributed by atoms with van der Waals surface area (Å²) in [5.74, 6) is -0.0152. The van der Waals surface area contributed by atoms with Crippen LogP contribution in [0.15, 0.2) is 22.7 Å². The second kappa shape index (κ2) is 6.48. The summed E-state index contributed by atoms with van der Waals surface area (Å²) in [6.45, 7) is 2.75. The number of hydrogen-bond donors (Lipinski definition) is 1. The average Bonchev–Trinajstić information content (AvgIpc) is 2.36. The Morgan fingerprint density at radius 2 is 2.11 bits per heavy atom. The van der Waals surface area contributed by atoms with E-state index in [1.807, 2.05) is 12.1 Å². The van der Waals surface area contributed by atoms with Crippen molar-refractivity contribution < 1.29 is 9.18 Å². The monoisotopic (exact) mass is 328 g/mol. The number of likely N-dealkylation sites (tertiary alicyclic amines) is 1. The van der Waals surface area contributed by atoms with E-state index in [0.717, 1.165) is 38.0 Å². The molecule has 1 aromatic carbocycles. The summed E-state index contributed by atoms with van der Waals surface area (Å²) in [6.07, 6.45) is 2.51. The lowest BCUT2D eigenvalue weighted by Gasteiger charge is -2.31. The number of nitrogens with zero attached hydrogens (tertiary/aromatic N) is 1. The molecule has 0 aliphatic carbocycles. The SMILES string of the molecule is NC(=O)CC1CCN(Cc2ccc(F)c(Br)c2)CC1. The van der Waals surface area contributed by atoms with Gasteiger partial charge in [0.15, 0.2) is 0 Å². The highest BCUT2D eigenvalue weighted by Crippen LogP contribution is 2.23. The summed E-state index contributed by atoms with van der Waals surface area (Å²) < 4.78 is 13.7. The normalized spacial score (nSPS) is 17.6. The molecule has 5 heteroatoms. The van der Waals surface area contributed by atoms with E-state index >= 15 is 0 Å². The zero-order valence-corrected chi connectivity index (χ0v) is 12.3. The standard InChI is InChI=1S/C14H18BrFN2O/c15-12-7-11(1-2-13(12)16)9-18-5-3-10(4-6-18)8-14(17)19/h1-2,7,10H,3-6,8-9H2,(H2,17,19). The summed E-state index contributed by atoms with van der Waals surface area (Å²) in [5.41, 5.74) is 6.32. The van der Waals surface area contributed by atoms with Gasteiger partial charge in [-0.25, -0.2) is 4.39 Å². The second-order valence-corrected chi connectivity index (χ2v) is 5.99. The Kier molecular flexibility index (Phi) is 4.93. The zero-order chi connectivity index (χ0) is 13.8. The van der Waals surface area contributed by atoms with Crippen LogP contribution in [-0.2, 0) is 11.3 Å². The van der Waals surface area contributed by atoms with Crippen LogP contribution in [0.3, 0.4) is 0 Å². The number of hydrogen-bond acceptors (Lipinski definition) is 2. The lowest BCUT2D eigenvalue weighted by atomic mass is 9.93. The number of amides is 1. The minimum atomic E-state index is -0.232. The maximum atomic E-state index is 13.1. The Morgan fingerprint density at radius 3 is 2.68 bits per heavy atom. The van der Waals surface area contributed by atoms with Gasteiger partial charge < -0.3 is 5.73 Å². The minimum absolute atomic E-state index is 0.207. The maximum absolute atomic E-state index is 13.1. The number of halogens is 2. The molecule has 0 atom stereocenters. The van der Waals surface area contributed by atoms with Crippen molar-refractivity contribution in [3.8, 4) is 0 Å². The predicted molar refractivity (Wildman–Crippen MR) is 75.9 cm³/mol. The van der Waals surface area contributed by atoms with Crippen LogP contribution >= 0.6 is 15.9 Å². The lowest BCUT2D eigenvalue weighted by Crippen LogP contribution is -2.34. The van der Waals surface area contributed by atoms with E-state index in [-0.39, 0.29) is 11.7 Å². The molecule has 2 rings (SSSR count). The zero-order valence-electron chi connectivity index (χ0n) is 10.7. The van der Waals surface area contributed by atoms with E-state index in [4.69, 9.17) is 5.73 Å². The van der Waals surface area contributed by atoms with E-state index in [9.17, 15) is 9.18 Å². The molecule has 1 saturated heterocycles. The van der Waals surface area contributed by atoms with Gasteiger partial charge in [-0.2, -0.15) is 0 Å². The van der Waals surface area contributed by atoms with Gasteiger partial charge in [0.2, 0.25) is 5.91 Å². The first-order valence-corrected chi connectivity index (χ1v) is 7.28. The van der Waals surface area contributed by atoms with Crippen molar-refractivity contribution in [3.63, 3.8) is 0 Å².